The zero-order chi connectivity index (χ0) is 12.5. The Hall–Kier alpha value is -1.04. The van der Waals surface area contributed by atoms with Crippen molar-refractivity contribution in [2.75, 3.05) is 12.8 Å². The van der Waals surface area contributed by atoms with Gasteiger partial charge < -0.3 is 9.42 Å². The molecule has 18 heavy (non-hydrogen) atoms. The van der Waals surface area contributed by atoms with Crippen LogP contribution in [0.5, 0.6) is 0 Å². The van der Waals surface area contributed by atoms with Gasteiger partial charge in [0.2, 0.25) is 11.8 Å². The lowest BCUT2D eigenvalue weighted by molar-refractivity contribution is -0.134. The maximum atomic E-state index is 11.8. The van der Waals surface area contributed by atoms with Crippen LogP contribution in [0.3, 0.4) is 0 Å². The summed E-state index contributed by atoms with van der Waals surface area (Å²) in [5.74, 6) is 2.76. The minimum Gasteiger partial charge on any atom is -0.339 e. The molecule has 0 unspecified atom stereocenters. The molecule has 6 heteroatoms. The first-order chi connectivity index (χ1) is 8.78. The van der Waals surface area contributed by atoms with E-state index in [1.165, 1.54) is 0 Å². The summed E-state index contributed by atoms with van der Waals surface area (Å²) in [4.78, 5) is 18.2. The summed E-state index contributed by atoms with van der Waals surface area (Å²) >= 11 is 1.68. The minimum absolute atomic E-state index is 0.228. The Bertz CT molecular complexity index is 444. The summed E-state index contributed by atoms with van der Waals surface area (Å²) in [6.07, 6.45) is 5.77. The zero-order valence-electron chi connectivity index (χ0n) is 10.5. The fourth-order valence-electron chi connectivity index (χ4n) is 2.43. The Morgan fingerprint density at radius 1 is 1.44 bits per heavy atom. The van der Waals surface area contributed by atoms with Gasteiger partial charge in [-0.2, -0.15) is 16.7 Å². The molecule has 0 N–H and O–H groups in total. The van der Waals surface area contributed by atoms with E-state index >= 15 is 0 Å². The average molecular weight is 267 g/mol. The summed E-state index contributed by atoms with van der Waals surface area (Å²) in [7, 11) is 0. The number of carbonyl (C=O) groups excluding carboxylic acids is 1. The molecule has 1 aliphatic carbocycles. The number of likely N-dealkylation sites (tertiary alicyclic amines) is 1. The lowest BCUT2D eigenvalue weighted by atomic mass is 9.97. The number of carbonyl (C=O) groups is 1. The molecule has 1 saturated heterocycles. The van der Waals surface area contributed by atoms with E-state index in [0.717, 1.165) is 37.4 Å². The van der Waals surface area contributed by atoms with Crippen LogP contribution in [0, 0.1) is 0 Å². The van der Waals surface area contributed by atoms with E-state index < -0.39 is 0 Å². The van der Waals surface area contributed by atoms with E-state index in [1.807, 2.05) is 11.2 Å². The summed E-state index contributed by atoms with van der Waals surface area (Å²) in [5, 5.41) is 3.98. The number of thioether (sulfide) groups is 1. The fraction of sp³-hybridized carbons (Fsp3) is 0.750. The number of rotatable bonds is 4. The molecule has 0 spiro atoms. The highest BCUT2D eigenvalue weighted by atomic mass is 32.2. The molecule has 5 nitrogen and oxygen atoms in total. The van der Waals surface area contributed by atoms with Crippen molar-refractivity contribution < 1.29 is 9.32 Å². The largest absolute Gasteiger partial charge is 0.339 e. The van der Waals surface area contributed by atoms with Crippen LogP contribution in [-0.2, 0) is 10.5 Å². The maximum absolute atomic E-state index is 11.8. The number of hydrogen-bond acceptors (Lipinski definition) is 5. The Kier molecular flexibility index (Phi) is 3.28. The van der Waals surface area contributed by atoms with Crippen LogP contribution < -0.4 is 0 Å². The van der Waals surface area contributed by atoms with Crippen molar-refractivity contribution in [2.45, 2.75) is 43.4 Å². The molecule has 1 atom stereocenters. The van der Waals surface area contributed by atoms with E-state index in [9.17, 15) is 4.79 Å². The lowest BCUT2D eigenvalue weighted by Crippen LogP contribution is -2.40. The van der Waals surface area contributed by atoms with Crippen molar-refractivity contribution in [1.29, 1.82) is 0 Å². The molecule has 1 aromatic rings. The van der Waals surface area contributed by atoms with E-state index in [4.69, 9.17) is 4.52 Å². The third-order valence-electron chi connectivity index (χ3n) is 3.54. The molecular weight excluding hydrogens is 250 g/mol. The molecule has 2 fully saturated rings. The SMILES string of the molecule is CSCc1noc([C@H]2CCC(=O)N(C3CC3)C2)n1. The molecule has 2 aliphatic rings. The molecule has 98 valence electrons. The molecule has 0 radical (unpaired) electrons. The van der Waals surface area contributed by atoms with Crippen LogP contribution in [0.4, 0.5) is 0 Å². The zero-order valence-corrected chi connectivity index (χ0v) is 11.3. The molecule has 0 bridgehead atoms. The second kappa shape index (κ2) is 4.91. The van der Waals surface area contributed by atoms with Gasteiger partial charge in [-0.3, -0.25) is 4.79 Å². The van der Waals surface area contributed by atoms with Gasteiger partial charge in [0.15, 0.2) is 5.82 Å². The van der Waals surface area contributed by atoms with Crippen LogP contribution in [0.25, 0.3) is 0 Å². The summed E-state index contributed by atoms with van der Waals surface area (Å²) in [5.41, 5.74) is 0. The van der Waals surface area contributed by atoms with Crippen LogP contribution in [0.2, 0.25) is 0 Å². The van der Waals surface area contributed by atoms with Crippen LogP contribution in [0.1, 0.15) is 43.3 Å². The highest BCUT2D eigenvalue weighted by Gasteiger charge is 2.38. The molecule has 1 amide bonds. The van der Waals surface area contributed by atoms with Crippen LogP contribution in [-0.4, -0.2) is 39.8 Å². The smallest absolute Gasteiger partial charge is 0.231 e. The number of amides is 1. The predicted octanol–water partition coefficient (Wildman–Crippen LogP) is 1.80. The van der Waals surface area contributed by atoms with E-state index in [1.54, 1.807) is 11.8 Å². The molecule has 1 saturated carbocycles. The van der Waals surface area contributed by atoms with Gasteiger partial charge in [-0.25, -0.2) is 0 Å². The second-order valence-corrected chi connectivity index (χ2v) is 5.86. The first-order valence-electron chi connectivity index (χ1n) is 6.39. The van der Waals surface area contributed by atoms with Gasteiger partial charge in [-0.15, -0.1) is 0 Å². The Labute approximate surface area is 110 Å². The summed E-state index contributed by atoms with van der Waals surface area (Å²) in [6.45, 7) is 0.754. The van der Waals surface area contributed by atoms with Gasteiger partial charge in [0, 0.05) is 19.0 Å². The van der Waals surface area contributed by atoms with E-state index in [2.05, 4.69) is 10.1 Å². The maximum Gasteiger partial charge on any atom is 0.231 e. The van der Waals surface area contributed by atoms with Gasteiger partial charge in [-0.05, 0) is 25.5 Å². The van der Waals surface area contributed by atoms with Crippen molar-refractivity contribution in [1.82, 2.24) is 15.0 Å². The summed E-state index contributed by atoms with van der Waals surface area (Å²) < 4.78 is 5.33. The third kappa shape index (κ3) is 2.39. The van der Waals surface area contributed by atoms with E-state index in [-0.39, 0.29) is 11.8 Å². The van der Waals surface area contributed by atoms with Crippen molar-refractivity contribution >= 4 is 17.7 Å². The number of aromatic nitrogens is 2. The van der Waals surface area contributed by atoms with Gasteiger partial charge in [0.25, 0.3) is 0 Å². The Morgan fingerprint density at radius 3 is 3.00 bits per heavy atom. The van der Waals surface area contributed by atoms with Crippen molar-refractivity contribution in [3.8, 4) is 0 Å². The first-order valence-corrected chi connectivity index (χ1v) is 7.78. The van der Waals surface area contributed by atoms with Gasteiger partial charge >= 0.3 is 0 Å². The number of nitrogens with zero attached hydrogens (tertiary/aromatic N) is 3. The molecular formula is C12H17N3O2S. The highest BCUT2D eigenvalue weighted by Crippen LogP contribution is 2.34. The van der Waals surface area contributed by atoms with Crippen LogP contribution in [0.15, 0.2) is 4.52 Å². The first kappa shape index (κ1) is 12.0. The van der Waals surface area contributed by atoms with Crippen molar-refractivity contribution in [3.63, 3.8) is 0 Å². The van der Waals surface area contributed by atoms with Crippen molar-refractivity contribution in [3.05, 3.63) is 11.7 Å². The lowest BCUT2D eigenvalue weighted by Gasteiger charge is -2.30. The van der Waals surface area contributed by atoms with Gasteiger partial charge in [0.1, 0.15) is 0 Å². The Balaban J connectivity index is 1.69. The highest BCUT2D eigenvalue weighted by molar-refractivity contribution is 7.97. The predicted molar refractivity (Wildman–Crippen MR) is 68.2 cm³/mol. The monoisotopic (exact) mass is 267 g/mol. The minimum atomic E-state index is 0.228. The number of piperidine rings is 1. The molecule has 1 aliphatic heterocycles. The standard InChI is InChI=1S/C12H17N3O2S/c1-18-7-10-13-12(17-14-10)8-2-5-11(16)15(6-8)9-3-4-9/h8-9H,2-7H2,1H3/t8-/m0/s1. The van der Waals surface area contributed by atoms with Crippen molar-refractivity contribution in [2.24, 2.45) is 0 Å². The van der Waals surface area contributed by atoms with E-state index in [0.29, 0.717) is 18.4 Å². The average Bonchev–Trinajstić information content (AvgIpc) is 3.11. The molecule has 3 rings (SSSR count). The third-order valence-corrected chi connectivity index (χ3v) is 4.09. The molecule has 0 aromatic carbocycles. The molecule has 2 heterocycles. The number of hydrogen-bond donors (Lipinski definition) is 0. The quantitative estimate of drug-likeness (QED) is 0.832. The second-order valence-electron chi connectivity index (χ2n) is 4.99. The Morgan fingerprint density at radius 2 is 2.28 bits per heavy atom. The fourth-order valence-corrected chi connectivity index (χ4v) is 2.81. The summed E-state index contributed by atoms with van der Waals surface area (Å²) in [6, 6.07) is 0.480. The van der Waals surface area contributed by atoms with Crippen LogP contribution >= 0.6 is 11.8 Å². The van der Waals surface area contributed by atoms with Gasteiger partial charge in [-0.1, -0.05) is 5.16 Å². The normalized spacial score (nSPS) is 24.6. The molecule has 1 aromatic heterocycles. The van der Waals surface area contributed by atoms with Gasteiger partial charge in [0.05, 0.1) is 11.7 Å². The topological polar surface area (TPSA) is 59.2 Å².